The minimum atomic E-state index is -0.506. The fourth-order valence-corrected chi connectivity index (χ4v) is 1.48. The molecule has 0 aliphatic carbocycles. The van der Waals surface area contributed by atoms with Gasteiger partial charge in [0.2, 0.25) is 0 Å². The fourth-order valence-electron chi connectivity index (χ4n) is 1.48. The lowest BCUT2D eigenvalue weighted by molar-refractivity contribution is -0.385. The van der Waals surface area contributed by atoms with Gasteiger partial charge in [0.15, 0.2) is 0 Å². The SMILES string of the molecule is COC(=O)CCNC(=O)c1ccc([N+](=O)[O-])c(C)c1. The van der Waals surface area contributed by atoms with Crippen molar-refractivity contribution in [2.45, 2.75) is 13.3 Å². The summed E-state index contributed by atoms with van der Waals surface area (Å²) in [7, 11) is 1.27. The molecule has 1 aromatic rings. The number of ether oxygens (including phenoxy) is 1. The summed E-state index contributed by atoms with van der Waals surface area (Å²) >= 11 is 0. The van der Waals surface area contributed by atoms with Crippen molar-refractivity contribution in [2.75, 3.05) is 13.7 Å². The second-order valence-electron chi connectivity index (χ2n) is 3.84. The molecule has 0 spiro atoms. The van der Waals surface area contributed by atoms with Crippen LogP contribution in [-0.2, 0) is 9.53 Å². The highest BCUT2D eigenvalue weighted by atomic mass is 16.6. The molecule has 0 unspecified atom stereocenters. The highest BCUT2D eigenvalue weighted by Gasteiger charge is 2.13. The second-order valence-corrected chi connectivity index (χ2v) is 3.84. The molecular formula is C12H14N2O5. The van der Waals surface area contributed by atoms with Gasteiger partial charge in [-0.3, -0.25) is 19.7 Å². The number of hydrogen-bond donors (Lipinski definition) is 1. The predicted molar refractivity (Wildman–Crippen MR) is 66.8 cm³/mol. The van der Waals surface area contributed by atoms with E-state index in [9.17, 15) is 19.7 Å². The maximum Gasteiger partial charge on any atom is 0.307 e. The number of aryl methyl sites for hydroxylation is 1. The summed E-state index contributed by atoms with van der Waals surface area (Å²) in [6.07, 6.45) is 0.0776. The van der Waals surface area contributed by atoms with Crippen molar-refractivity contribution < 1.29 is 19.2 Å². The van der Waals surface area contributed by atoms with Crippen molar-refractivity contribution in [3.05, 3.63) is 39.4 Å². The van der Waals surface area contributed by atoms with Crippen molar-refractivity contribution in [1.82, 2.24) is 5.32 Å². The largest absolute Gasteiger partial charge is 0.469 e. The van der Waals surface area contributed by atoms with E-state index in [4.69, 9.17) is 0 Å². The van der Waals surface area contributed by atoms with Gasteiger partial charge in [0.1, 0.15) is 0 Å². The average Bonchev–Trinajstić information content (AvgIpc) is 2.37. The number of methoxy groups -OCH3 is 1. The lowest BCUT2D eigenvalue weighted by Crippen LogP contribution is -2.26. The highest BCUT2D eigenvalue weighted by Crippen LogP contribution is 2.18. The van der Waals surface area contributed by atoms with Gasteiger partial charge in [-0.15, -0.1) is 0 Å². The zero-order valence-electron chi connectivity index (χ0n) is 10.6. The van der Waals surface area contributed by atoms with E-state index in [1.807, 2.05) is 0 Å². The Balaban J connectivity index is 2.65. The molecule has 0 saturated heterocycles. The van der Waals surface area contributed by atoms with Crippen molar-refractivity contribution >= 4 is 17.6 Å². The maximum absolute atomic E-state index is 11.7. The summed E-state index contributed by atoms with van der Waals surface area (Å²) < 4.78 is 4.43. The van der Waals surface area contributed by atoms with Crippen LogP contribution in [0.25, 0.3) is 0 Å². The molecule has 1 N–H and O–H groups in total. The van der Waals surface area contributed by atoms with Gasteiger partial charge in [-0.1, -0.05) is 0 Å². The number of nitro benzene ring substituents is 1. The second kappa shape index (κ2) is 6.48. The third kappa shape index (κ3) is 4.06. The number of nitro groups is 1. The molecule has 1 aromatic carbocycles. The van der Waals surface area contributed by atoms with Crippen LogP contribution < -0.4 is 5.32 Å². The van der Waals surface area contributed by atoms with Crippen LogP contribution in [0.2, 0.25) is 0 Å². The Morgan fingerprint density at radius 2 is 2.11 bits per heavy atom. The Hall–Kier alpha value is -2.44. The van der Waals surface area contributed by atoms with Crippen molar-refractivity contribution in [3.63, 3.8) is 0 Å². The number of esters is 1. The number of rotatable bonds is 5. The minimum absolute atomic E-state index is 0.0360. The summed E-state index contributed by atoms with van der Waals surface area (Å²) in [6.45, 7) is 1.71. The molecule has 0 aliphatic rings. The first-order valence-electron chi connectivity index (χ1n) is 5.55. The molecule has 0 aromatic heterocycles. The van der Waals surface area contributed by atoms with Crippen LogP contribution in [0.15, 0.2) is 18.2 Å². The third-order valence-electron chi connectivity index (χ3n) is 2.50. The summed E-state index contributed by atoms with van der Waals surface area (Å²) in [6, 6.07) is 4.09. The van der Waals surface area contributed by atoms with Gasteiger partial charge >= 0.3 is 5.97 Å². The molecule has 0 bridgehead atoms. The smallest absolute Gasteiger partial charge is 0.307 e. The molecule has 0 fully saturated rings. The average molecular weight is 266 g/mol. The van der Waals surface area contributed by atoms with Crippen LogP contribution in [0.3, 0.4) is 0 Å². The van der Waals surface area contributed by atoms with Crippen LogP contribution in [0.4, 0.5) is 5.69 Å². The van der Waals surface area contributed by atoms with E-state index in [1.165, 1.54) is 25.3 Å². The van der Waals surface area contributed by atoms with Crippen molar-refractivity contribution in [1.29, 1.82) is 0 Å². The van der Waals surface area contributed by atoms with E-state index in [0.717, 1.165) is 0 Å². The van der Waals surface area contributed by atoms with Crippen molar-refractivity contribution in [2.24, 2.45) is 0 Å². The van der Waals surface area contributed by atoms with Gasteiger partial charge in [-0.2, -0.15) is 0 Å². The normalized spacial score (nSPS) is 9.79. The Kier molecular flexibility index (Phi) is 4.99. The first kappa shape index (κ1) is 14.6. The summed E-state index contributed by atoms with van der Waals surface area (Å²) in [5, 5.41) is 13.2. The van der Waals surface area contributed by atoms with E-state index in [2.05, 4.69) is 10.1 Å². The molecule has 0 atom stereocenters. The summed E-state index contributed by atoms with van der Waals surface area (Å²) in [4.78, 5) is 32.7. The van der Waals surface area contributed by atoms with Gasteiger partial charge in [0.25, 0.3) is 11.6 Å². The van der Waals surface area contributed by atoms with Crippen LogP contribution in [-0.4, -0.2) is 30.5 Å². The Bertz CT molecular complexity index is 513. The number of nitrogens with zero attached hydrogens (tertiary/aromatic N) is 1. The highest BCUT2D eigenvalue weighted by molar-refractivity contribution is 5.94. The van der Waals surface area contributed by atoms with E-state index >= 15 is 0 Å². The quantitative estimate of drug-likeness (QED) is 0.490. The molecule has 1 amide bonds. The molecule has 1 rings (SSSR count). The molecule has 7 nitrogen and oxygen atoms in total. The topological polar surface area (TPSA) is 98.5 Å². The predicted octanol–water partition coefficient (Wildman–Crippen LogP) is 1.20. The molecular weight excluding hydrogens is 252 g/mol. The minimum Gasteiger partial charge on any atom is -0.469 e. The lowest BCUT2D eigenvalue weighted by Gasteiger charge is -2.05. The Morgan fingerprint density at radius 3 is 2.63 bits per heavy atom. The molecule has 102 valence electrons. The maximum atomic E-state index is 11.7. The number of carbonyl (C=O) groups excluding carboxylic acids is 2. The van der Waals surface area contributed by atoms with Gasteiger partial charge in [-0.25, -0.2) is 0 Å². The molecule has 0 radical (unpaired) electrons. The van der Waals surface area contributed by atoms with Gasteiger partial charge < -0.3 is 10.1 Å². The van der Waals surface area contributed by atoms with Crippen LogP contribution in [0, 0.1) is 17.0 Å². The van der Waals surface area contributed by atoms with Gasteiger partial charge in [0.05, 0.1) is 18.5 Å². The van der Waals surface area contributed by atoms with Gasteiger partial charge in [-0.05, 0) is 19.1 Å². The van der Waals surface area contributed by atoms with Crippen LogP contribution in [0.5, 0.6) is 0 Å². The van der Waals surface area contributed by atoms with E-state index < -0.39 is 10.9 Å². The molecule has 0 saturated carbocycles. The zero-order chi connectivity index (χ0) is 14.4. The molecule has 0 heterocycles. The van der Waals surface area contributed by atoms with Crippen molar-refractivity contribution in [3.8, 4) is 0 Å². The Labute approximate surface area is 109 Å². The zero-order valence-corrected chi connectivity index (χ0v) is 10.6. The first-order valence-corrected chi connectivity index (χ1v) is 5.55. The van der Waals surface area contributed by atoms with E-state index in [-0.39, 0.29) is 24.6 Å². The summed E-state index contributed by atoms with van der Waals surface area (Å²) in [5.74, 6) is -0.804. The number of hydrogen-bond acceptors (Lipinski definition) is 5. The lowest BCUT2D eigenvalue weighted by atomic mass is 10.1. The van der Waals surface area contributed by atoms with Crippen LogP contribution >= 0.6 is 0 Å². The molecule has 0 aliphatic heterocycles. The van der Waals surface area contributed by atoms with Gasteiger partial charge in [0, 0.05) is 23.7 Å². The Morgan fingerprint density at radius 1 is 1.42 bits per heavy atom. The number of benzene rings is 1. The number of amides is 1. The first-order chi connectivity index (χ1) is 8.95. The number of carbonyl (C=O) groups is 2. The standard InChI is InChI=1S/C12H14N2O5/c1-8-7-9(3-4-10(8)14(17)18)12(16)13-6-5-11(15)19-2/h3-4,7H,5-6H2,1-2H3,(H,13,16). The molecule has 7 heteroatoms. The summed E-state index contributed by atoms with van der Waals surface area (Å²) in [5.41, 5.74) is 0.685. The van der Waals surface area contributed by atoms with Crippen LogP contribution in [0.1, 0.15) is 22.3 Å². The fraction of sp³-hybridized carbons (Fsp3) is 0.333. The molecule has 19 heavy (non-hydrogen) atoms. The number of nitrogens with one attached hydrogen (secondary N) is 1. The van der Waals surface area contributed by atoms with E-state index in [1.54, 1.807) is 6.92 Å². The van der Waals surface area contributed by atoms with E-state index in [0.29, 0.717) is 11.1 Å². The third-order valence-corrected chi connectivity index (χ3v) is 2.50. The monoisotopic (exact) mass is 266 g/mol.